The second-order valence-electron chi connectivity index (χ2n) is 6.57. The zero-order valence-corrected chi connectivity index (χ0v) is 15.7. The fraction of sp³-hybridized carbons (Fsp3) is 0.316. The predicted octanol–water partition coefficient (Wildman–Crippen LogP) is 2.74. The highest BCUT2D eigenvalue weighted by atomic mass is 35.5. The number of piperazine rings is 1. The van der Waals surface area contributed by atoms with Gasteiger partial charge < -0.3 is 19.3 Å². The maximum atomic E-state index is 12.8. The van der Waals surface area contributed by atoms with Gasteiger partial charge in [0.15, 0.2) is 11.5 Å². The standard InChI is InChI=1S/C19H18ClN3O5/c20-13-5-6-14(15(11-13)23(25)26)21-7-9-22(10-8-21)19(24)18-12-27-16-3-1-2-4-17(16)28-18/h1-6,11,18H,7-10,12H2. The van der Waals surface area contributed by atoms with Crippen molar-refractivity contribution in [1.29, 1.82) is 0 Å². The number of benzene rings is 2. The molecular weight excluding hydrogens is 386 g/mol. The monoisotopic (exact) mass is 403 g/mol. The molecule has 2 heterocycles. The van der Waals surface area contributed by atoms with Crippen LogP contribution < -0.4 is 14.4 Å². The molecule has 2 aliphatic rings. The second-order valence-corrected chi connectivity index (χ2v) is 7.00. The van der Waals surface area contributed by atoms with Crippen LogP contribution in [-0.2, 0) is 4.79 Å². The molecular formula is C19H18ClN3O5. The van der Waals surface area contributed by atoms with Crippen molar-refractivity contribution < 1.29 is 19.2 Å². The molecule has 0 aromatic heterocycles. The van der Waals surface area contributed by atoms with Gasteiger partial charge >= 0.3 is 0 Å². The van der Waals surface area contributed by atoms with Gasteiger partial charge in [0.1, 0.15) is 12.3 Å². The molecule has 1 saturated heterocycles. The molecule has 146 valence electrons. The Hall–Kier alpha value is -3.00. The SMILES string of the molecule is O=C(C1COc2ccccc2O1)N1CCN(c2ccc(Cl)cc2[N+](=O)[O-])CC1. The number of fused-ring (bicyclic) bond motifs is 1. The van der Waals surface area contributed by atoms with Crippen molar-refractivity contribution in [3.63, 3.8) is 0 Å². The van der Waals surface area contributed by atoms with Gasteiger partial charge in [0, 0.05) is 37.3 Å². The molecule has 2 aliphatic heterocycles. The highest BCUT2D eigenvalue weighted by Gasteiger charge is 2.33. The number of hydrogen-bond donors (Lipinski definition) is 0. The van der Waals surface area contributed by atoms with Gasteiger partial charge in [0.25, 0.3) is 11.6 Å². The summed E-state index contributed by atoms with van der Waals surface area (Å²) in [5.74, 6) is 1.05. The lowest BCUT2D eigenvalue weighted by Gasteiger charge is -2.37. The molecule has 8 nitrogen and oxygen atoms in total. The third-order valence-electron chi connectivity index (χ3n) is 4.85. The molecule has 1 atom stereocenters. The van der Waals surface area contributed by atoms with Crippen LogP contribution in [0.1, 0.15) is 0 Å². The molecule has 0 N–H and O–H groups in total. The van der Waals surface area contributed by atoms with E-state index in [2.05, 4.69) is 0 Å². The van der Waals surface area contributed by atoms with E-state index in [9.17, 15) is 14.9 Å². The molecule has 2 aromatic rings. The first-order valence-corrected chi connectivity index (χ1v) is 9.27. The van der Waals surface area contributed by atoms with Gasteiger partial charge in [0.05, 0.1) is 4.92 Å². The summed E-state index contributed by atoms with van der Waals surface area (Å²) in [6.07, 6.45) is -0.689. The lowest BCUT2D eigenvalue weighted by Crippen LogP contribution is -2.54. The summed E-state index contributed by atoms with van der Waals surface area (Å²) in [7, 11) is 0. The minimum atomic E-state index is -0.689. The Morgan fingerprint density at radius 3 is 2.54 bits per heavy atom. The Morgan fingerprint density at radius 1 is 1.11 bits per heavy atom. The highest BCUT2D eigenvalue weighted by molar-refractivity contribution is 6.30. The summed E-state index contributed by atoms with van der Waals surface area (Å²) in [6.45, 7) is 2.02. The number of hydrogen-bond acceptors (Lipinski definition) is 6. The zero-order valence-electron chi connectivity index (χ0n) is 14.9. The molecule has 2 aromatic carbocycles. The molecule has 0 radical (unpaired) electrons. The van der Waals surface area contributed by atoms with E-state index >= 15 is 0 Å². The fourth-order valence-corrected chi connectivity index (χ4v) is 3.59. The molecule has 0 spiro atoms. The lowest BCUT2D eigenvalue weighted by atomic mass is 10.2. The number of amides is 1. The number of ether oxygens (including phenoxy) is 2. The van der Waals surface area contributed by atoms with Crippen molar-refractivity contribution in [2.75, 3.05) is 37.7 Å². The van der Waals surface area contributed by atoms with Crippen LogP contribution in [0.25, 0.3) is 0 Å². The molecule has 28 heavy (non-hydrogen) atoms. The van der Waals surface area contributed by atoms with Crippen molar-refractivity contribution in [2.24, 2.45) is 0 Å². The van der Waals surface area contributed by atoms with E-state index in [4.69, 9.17) is 21.1 Å². The Morgan fingerprint density at radius 2 is 1.82 bits per heavy atom. The Kier molecular flexibility index (Phi) is 4.95. The third-order valence-corrected chi connectivity index (χ3v) is 5.09. The highest BCUT2D eigenvalue weighted by Crippen LogP contribution is 2.33. The first kappa shape index (κ1) is 18.4. The van der Waals surface area contributed by atoms with Crippen LogP contribution in [0.4, 0.5) is 11.4 Å². The van der Waals surface area contributed by atoms with Gasteiger partial charge in [-0.25, -0.2) is 0 Å². The minimum absolute atomic E-state index is 0.0344. The predicted molar refractivity (Wildman–Crippen MR) is 103 cm³/mol. The van der Waals surface area contributed by atoms with E-state index in [0.717, 1.165) is 0 Å². The van der Waals surface area contributed by atoms with E-state index in [0.29, 0.717) is 48.4 Å². The summed E-state index contributed by atoms with van der Waals surface area (Å²) in [5.41, 5.74) is 0.473. The Balaban J connectivity index is 1.41. The maximum Gasteiger partial charge on any atom is 0.294 e. The van der Waals surface area contributed by atoms with Crippen LogP contribution in [0.3, 0.4) is 0 Å². The number of para-hydroxylation sites is 2. The van der Waals surface area contributed by atoms with Crippen molar-refractivity contribution in [1.82, 2.24) is 4.90 Å². The van der Waals surface area contributed by atoms with Crippen molar-refractivity contribution in [2.45, 2.75) is 6.10 Å². The third kappa shape index (κ3) is 3.55. The molecule has 0 bridgehead atoms. The van der Waals surface area contributed by atoms with Crippen LogP contribution in [-0.4, -0.2) is 54.6 Å². The van der Waals surface area contributed by atoms with Crippen molar-refractivity contribution in [3.05, 3.63) is 57.6 Å². The van der Waals surface area contributed by atoms with Gasteiger partial charge in [-0.15, -0.1) is 0 Å². The first-order valence-electron chi connectivity index (χ1n) is 8.89. The van der Waals surface area contributed by atoms with Crippen LogP contribution >= 0.6 is 11.6 Å². The average Bonchev–Trinajstić information content (AvgIpc) is 2.73. The topological polar surface area (TPSA) is 85.2 Å². The Labute approximate surface area is 166 Å². The summed E-state index contributed by atoms with van der Waals surface area (Å²) in [6, 6.07) is 11.9. The van der Waals surface area contributed by atoms with E-state index in [1.165, 1.54) is 6.07 Å². The van der Waals surface area contributed by atoms with Crippen LogP contribution in [0.2, 0.25) is 5.02 Å². The van der Waals surface area contributed by atoms with Crippen molar-refractivity contribution in [3.8, 4) is 11.5 Å². The number of nitro groups is 1. The summed E-state index contributed by atoms with van der Waals surface area (Å²) in [5, 5.41) is 11.6. The van der Waals surface area contributed by atoms with E-state index in [1.807, 2.05) is 17.0 Å². The molecule has 1 unspecified atom stereocenters. The van der Waals surface area contributed by atoms with E-state index < -0.39 is 11.0 Å². The summed E-state index contributed by atoms with van der Waals surface area (Å²) in [4.78, 5) is 27.3. The average molecular weight is 404 g/mol. The molecule has 1 fully saturated rings. The van der Waals surface area contributed by atoms with Crippen LogP contribution in [0.5, 0.6) is 11.5 Å². The van der Waals surface area contributed by atoms with Crippen molar-refractivity contribution >= 4 is 28.9 Å². The molecule has 4 rings (SSSR count). The Bertz CT molecular complexity index is 914. The van der Waals surface area contributed by atoms with Crippen LogP contribution in [0.15, 0.2) is 42.5 Å². The summed E-state index contributed by atoms with van der Waals surface area (Å²) >= 11 is 5.88. The molecule has 9 heteroatoms. The molecule has 1 amide bonds. The largest absolute Gasteiger partial charge is 0.485 e. The lowest BCUT2D eigenvalue weighted by molar-refractivity contribution is -0.384. The van der Waals surface area contributed by atoms with E-state index in [-0.39, 0.29) is 18.2 Å². The van der Waals surface area contributed by atoms with Gasteiger partial charge in [-0.05, 0) is 24.3 Å². The number of nitro benzene ring substituents is 1. The fourth-order valence-electron chi connectivity index (χ4n) is 3.42. The first-order chi connectivity index (χ1) is 13.5. The number of halogens is 1. The van der Waals surface area contributed by atoms with Gasteiger partial charge in [-0.2, -0.15) is 0 Å². The molecule has 0 saturated carbocycles. The number of carbonyl (C=O) groups is 1. The minimum Gasteiger partial charge on any atom is -0.485 e. The smallest absolute Gasteiger partial charge is 0.294 e. The van der Waals surface area contributed by atoms with E-state index in [1.54, 1.807) is 29.2 Å². The second kappa shape index (κ2) is 7.55. The zero-order chi connectivity index (χ0) is 19.7. The maximum absolute atomic E-state index is 12.8. The number of nitrogens with zero attached hydrogens (tertiary/aromatic N) is 3. The summed E-state index contributed by atoms with van der Waals surface area (Å²) < 4.78 is 11.4. The van der Waals surface area contributed by atoms with Crippen LogP contribution in [0, 0.1) is 10.1 Å². The van der Waals surface area contributed by atoms with Gasteiger partial charge in [-0.3, -0.25) is 14.9 Å². The quantitative estimate of drug-likeness (QED) is 0.578. The number of carbonyl (C=O) groups excluding carboxylic acids is 1. The van der Waals surface area contributed by atoms with Gasteiger partial charge in [-0.1, -0.05) is 23.7 Å². The van der Waals surface area contributed by atoms with Gasteiger partial charge in [0.2, 0.25) is 6.10 Å². The normalized spacial score (nSPS) is 18.7. The number of anilines is 1. The number of rotatable bonds is 3. The molecule has 0 aliphatic carbocycles.